The van der Waals surface area contributed by atoms with Gasteiger partial charge in [-0.15, -0.1) is 0 Å². The Balaban J connectivity index is 2.23. The zero-order valence-corrected chi connectivity index (χ0v) is 10.1. The maximum absolute atomic E-state index is 5.63. The number of ether oxygens (including phenoxy) is 1. The van der Waals surface area contributed by atoms with Crippen molar-refractivity contribution in [3.63, 3.8) is 0 Å². The fraction of sp³-hybridized carbons (Fsp3) is 1.00. The maximum atomic E-state index is 5.63. The Kier molecular flexibility index (Phi) is 4.39. The molecule has 1 N–H and O–H groups in total. The smallest absolute Gasteiger partial charge is 0.0518 e. The van der Waals surface area contributed by atoms with Gasteiger partial charge in [-0.25, -0.2) is 0 Å². The molecule has 0 saturated carbocycles. The van der Waals surface area contributed by atoms with Crippen LogP contribution in [0.5, 0.6) is 0 Å². The first kappa shape index (κ1) is 12.0. The summed E-state index contributed by atoms with van der Waals surface area (Å²) in [6.45, 7) is 12.1. The van der Waals surface area contributed by atoms with Crippen LogP contribution in [0.4, 0.5) is 0 Å². The van der Waals surface area contributed by atoms with E-state index in [4.69, 9.17) is 4.74 Å². The van der Waals surface area contributed by atoms with Crippen molar-refractivity contribution in [3.8, 4) is 0 Å². The summed E-state index contributed by atoms with van der Waals surface area (Å²) >= 11 is 0. The fourth-order valence-electron chi connectivity index (χ4n) is 2.28. The molecule has 1 heterocycles. The fourth-order valence-corrected chi connectivity index (χ4v) is 2.28. The average molecular weight is 199 g/mol. The summed E-state index contributed by atoms with van der Waals surface area (Å²) in [5.74, 6) is 0.802. The van der Waals surface area contributed by atoms with E-state index >= 15 is 0 Å². The number of hydrogen-bond acceptors (Lipinski definition) is 2. The molecule has 0 aromatic heterocycles. The van der Waals surface area contributed by atoms with Gasteiger partial charge in [-0.1, -0.05) is 13.8 Å². The molecule has 1 aliphatic heterocycles. The van der Waals surface area contributed by atoms with Crippen molar-refractivity contribution in [3.05, 3.63) is 0 Å². The van der Waals surface area contributed by atoms with Crippen molar-refractivity contribution in [2.24, 2.45) is 11.3 Å². The van der Waals surface area contributed by atoms with E-state index < -0.39 is 0 Å². The predicted molar refractivity (Wildman–Crippen MR) is 60.5 cm³/mol. The van der Waals surface area contributed by atoms with Gasteiger partial charge in [0.05, 0.1) is 6.10 Å². The summed E-state index contributed by atoms with van der Waals surface area (Å²) in [5.41, 5.74) is 0.545. The highest BCUT2D eigenvalue weighted by Gasteiger charge is 2.36. The Morgan fingerprint density at radius 2 is 1.86 bits per heavy atom. The van der Waals surface area contributed by atoms with Crippen LogP contribution in [0.1, 0.15) is 40.5 Å². The van der Waals surface area contributed by atoms with Crippen LogP contribution in [0.25, 0.3) is 0 Å². The van der Waals surface area contributed by atoms with E-state index in [9.17, 15) is 0 Å². The molecule has 0 amide bonds. The first-order valence-electron chi connectivity index (χ1n) is 5.86. The summed E-state index contributed by atoms with van der Waals surface area (Å²) in [4.78, 5) is 0. The van der Waals surface area contributed by atoms with Gasteiger partial charge in [0.15, 0.2) is 0 Å². The van der Waals surface area contributed by atoms with Gasteiger partial charge in [0, 0.05) is 19.7 Å². The zero-order chi connectivity index (χ0) is 10.6. The van der Waals surface area contributed by atoms with Crippen molar-refractivity contribution in [1.82, 2.24) is 5.32 Å². The highest BCUT2D eigenvalue weighted by atomic mass is 16.5. The third-order valence-electron chi connectivity index (χ3n) is 2.92. The molecule has 1 rings (SSSR count). The second kappa shape index (κ2) is 5.13. The second-order valence-corrected chi connectivity index (χ2v) is 5.37. The number of nitrogens with one attached hydrogen (secondary N) is 1. The lowest BCUT2D eigenvalue weighted by molar-refractivity contribution is 0.0249. The van der Waals surface area contributed by atoms with Gasteiger partial charge in [0.1, 0.15) is 0 Å². The predicted octanol–water partition coefficient (Wildman–Crippen LogP) is 2.44. The minimum Gasteiger partial charge on any atom is -0.379 e. The summed E-state index contributed by atoms with van der Waals surface area (Å²) < 4.78 is 5.63. The summed E-state index contributed by atoms with van der Waals surface area (Å²) in [6, 6.07) is 0. The van der Waals surface area contributed by atoms with Crippen molar-refractivity contribution < 1.29 is 4.74 Å². The Bertz CT molecular complexity index is 162. The van der Waals surface area contributed by atoms with Gasteiger partial charge >= 0.3 is 0 Å². The van der Waals surface area contributed by atoms with Crippen LogP contribution in [0.2, 0.25) is 0 Å². The molecule has 2 nitrogen and oxygen atoms in total. The molecule has 0 atom stereocenters. The molecule has 0 aromatic carbocycles. The summed E-state index contributed by atoms with van der Waals surface area (Å²) in [5, 5.41) is 3.39. The Labute approximate surface area is 88.4 Å². The maximum Gasteiger partial charge on any atom is 0.0518 e. The first-order valence-corrected chi connectivity index (χ1v) is 5.86. The van der Waals surface area contributed by atoms with Crippen LogP contribution in [0.15, 0.2) is 0 Å². The largest absolute Gasteiger partial charge is 0.379 e. The van der Waals surface area contributed by atoms with Crippen molar-refractivity contribution in [2.75, 3.05) is 19.7 Å². The van der Waals surface area contributed by atoms with E-state index in [0.717, 1.165) is 12.5 Å². The van der Waals surface area contributed by atoms with Crippen LogP contribution >= 0.6 is 0 Å². The SMILES string of the molecule is CC(C)CC1(CCOC(C)C)CNC1. The van der Waals surface area contributed by atoms with Crippen LogP contribution in [-0.4, -0.2) is 25.8 Å². The first-order chi connectivity index (χ1) is 6.54. The molecule has 0 unspecified atom stereocenters. The van der Waals surface area contributed by atoms with E-state index in [1.54, 1.807) is 0 Å². The van der Waals surface area contributed by atoms with Crippen LogP contribution in [0, 0.1) is 11.3 Å². The minimum absolute atomic E-state index is 0.374. The molecule has 0 aromatic rings. The minimum atomic E-state index is 0.374. The standard InChI is InChI=1S/C12H25NO/c1-10(2)7-12(8-13-9-12)5-6-14-11(3)4/h10-11,13H,5-9H2,1-4H3. The lowest BCUT2D eigenvalue weighted by Crippen LogP contribution is -2.54. The van der Waals surface area contributed by atoms with E-state index in [1.807, 2.05) is 0 Å². The normalized spacial score (nSPS) is 20.1. The molecule has 1 saturated heterocycles. The van der Waals surface area contributed by atoms with E-state index in [1.165, 1.54) is 25.9 Å². The molecule has 1 aliphatic rings. The Morgan fingerprint density at radius 3 is 2.21 bits per heavy atom. The quantitative estimate of drug-likeness (QED) is 0.709. The van der Waals surface area contributed by atoms with Crippen LogP contribution in [0.3, 0.4) is 0 Å². The van der Waals surface area contributed by atoms with E-state index in [-0.39, 0.29) is 0 Å². The van der Waals surface area contributed by atoms with Gasteiger partial charge in [0.2, 0.25) is 0 Å². The van der Waals surface area contributed by atoms with Crippen LogP contribution < -0.4 is 5.32 Å². The van der Waals surface area contributed by atoms with Gasteiger partial charge in [-0.3, -0.25) is 0 Å². The van der Waals surface area contributed by atoms with Crippen molar-refractivity contribution in [2.45, 2.75) is 46.6 Å². The molecule has 0 aliphatic carbocycles. The van der Waals surface area contributed by atoms with Gasteiger partial charge in [-0.2, -0.15) is 0 Å². The van der Waals surface area contributed by atoms with Gasteiger partial charge in [-0.05, 0) is 38.0 Å². The monoisotopic (exact) mass is 199 g/mol. The lowest BCUT2D eigenvalue weighted by atomic mass is 9.73. The Hall–Kier alpha value is -0.0800. The third-order valence-corrected chi connectivity index (χ3v) is 2.92. The molecular formula is C12H25NO. The average Bonchev–Trinajstić information content (AvgIpc) is 1.98. The third kappa shape index (κ3) is 3.58. The number of rotatable bonds is 6. The van der Waals surface area contributed by atoms with E-state index in [2.05, 4.69) is 33.0 Å². The topological polar surface area (TPSA) is 21.3 Å². The molecule has 0 radical (unpaired) electrons. The zero-order valence-electron chi connectivity index (χ0n) is 10.1. The summed E-state index contributed by atoms with van der Waals surface area (Å²) in [6.07, 6.45) is 2.93. The Morgan fingerprint density at radius 1 is 1.21 bits per heavy atom. The summed E-state index contributed by atoms with van der Waals surface area (Å²) in [7, 11) is 0. The lowest BCUT2D eigenvalue weighted by Gasteiger charge is -2.44. The van der Waals surface area contributed by atoms with Crippen molar-refractivity contribution >= 4 is 0 Å². The second-order valence-electron chi connectivity index (χ2n) is 5.37. The molecule has 0 bridgehead atoms. The van der Waals surface area contributed by atoms with Crippen LogP contribution in [-0.2, 0) is 4.74 Å². The molecule has 2 heteroatoms. The molecule has 14 heavy (non-hydrogen) atoms. The molecule has 0 spiro atoms. The van der Waals surface area contributed by atoms with Gasteiger partial charge < -0.3 is 10.1 Å². The molecular weight excluding hydrogens is 174 g/mol. The molecule has 84 valence electrons. The van der Waals surface area contributed by atoms with E-state index in [0.29, 0.717) is 11.5 Å². The highest BCUT2D eigenvalue weighted by molar-refractivity contribution is 4.92. The van der Waals surface area contributed by atoms with Gasteiger partial charge in [0.25, 0.3) is 0 Å². The number of hydrogen-bond donors (Lipinski definition) is 1. The van der Waals surface area contributed by atoms with Crippen molar-refractivity contribution in [1.29, 1.82) is 0 Å². The highest BCUT2D eigenvalue weighted by Crippen LogP contribution is 2.34. The molecule has 1 fully saturated rings.